The van der Waals surface area contributed by atoms with E-state index in [1.165, 1.54) is 11.3 Å². The fourth-order valence-electron chi connectivity index (χ4n) is 1.76. The molecule has 3 aromatic rings. The molecule has 0 saturated carbocycles. The molecule has 0 fully saturated rings. The Labute approximate surface area is 148 Å². The van der Waals surface area contributed by atoms with Gasteiger partial charge in [-0.2, -0.15) is 4.98 Å². The van der Waals surface area contributed by atoms with Crippen LogP contribution < -0.4 is 4.74 Å². The van der Waals surface area contributed by atoms with Crippen molar-refractivity contribution in [2.75, 3.05) is 0 Å². The quantitative estimate of drug-likeness (QED) is 0.347. The second-order valence-electron chi connectivity index (χ2n) is 4.17. The van der Waals surface area contributed by atoms with E-state index in [1.54, 1.807) is 12.1 Å². The lowest BCUT2D eigenvalue weighted by Crippen LogP contribution is -1.92. The van der Waals surface area contributed by atoms with Crippen LogP contribution in [0.3, 0.4) is 0 Å². The summed E-state index contributed by atoms with van der Waals surface area (Å²) in [5, 5.41) is 1.82. The predicted molar refractivity (Wildman–Crippen MR) is 91.4 cm³/mol. The number of rotatable bonds is 2. The molecule has 0 aliphatic rings. The molecule has 0 amide bonds. The lowest BCUT2D eigenvalue weighted by molar-refractivity contribution is 0.468. The first-order valence-electron chi connectivity index (χ1n) is 5.70. The SMILES string of the molecule is Cc1cc2c(Oc3cc(Cl)c(Br)cc3Cl)nc(Cl)nc2s1. The first kappa shape index (κ1) is 15.3. The molecule has 0 spiro atoms. The Kier molecular flexibility index (Phi) is 4.30. The summed E-state index contributed by atoms with van der Waals surface area (Å²) in [6.07, 6.45) is 0. The van der Waals surface area contributed by atoms with Gasteiger partial charge in [0.05, 0.1) is 15.4 Å². The molecule has 8 heteroatoms. The van der Waals surface area contributed by atoms with E-state index >= 15 is 0 Å². The fraction of sp³-hybridized carbons (Fsp3) is 0.0769. The van der Waals surface area contributed by atoms with Gasteiger partial charge in [0.2, 0.25) is 11.2 Å². The van der Waals surface area contributed by atoms with Crippen LogP contribution in [0.2, 0.25) is 15.3 Å². The number of aryl methyl sites for hydroxylation is 1. The molecular weight excluding hydrogens is 418 g/mol. The van der Waals surface area contributed by atoms with Gasteiger partial charge in [0.25, 0.3) is 0 Å². The highest BCUT2D eigenvalue weighted by Gasteiger charge is 2.14. The van der Waals surface area contributed by atoms with E-state index in [0.29, 0.717) is 26.1 Å². The Bertz CT molecular complexity index is 853. The maximum atomic E-state index is 6.16. The summed E-state index contributed by atoms with van der Waals surface area (Å²) in [6.45, 7) is 1.98. The van der Waals surface area contributed by atoms with Gasteiger partial charge in [-0.25, -0.2) is 4.98 Å². The van der Waals surface area contributed by atoms with Gasteiger partial charge in [0.15, 0.2) is 0 Å². The predicted octanol–water partition coefficient (Wildman–Crippen LogP) is 6.51. The van der Waals surface area contributed by atoms with Crippen LogP contribution in [0.4, 0.5) is 0 Å². The molecule has 0 N–H and O–H groups in total. The summed E-state index contributed by atoms with van der Waals surface area (Å²) in [5.41, 5.74) is 0. The standard InChI is InChI=1S/C13H6BrCl3N2OS/c1-5-2-6-11(18-13(17)19-12(6)21-5)20-10-4-8(15)7(14)3-9(10)16/h2-4H,1H3. The van der Waals surface area contributed by atoms with Crippen molar-refractivity contribution in [3.63, 3.8) is 0 Å². The average molecular weight is 425 g/mol. The van der Waals surface area contributed by atoms with E-state index in [-0.39, 0.29) is 5.28 Å². The van der Waals surface area contributed by atoms with Crippen molar-refractivity contribution in [3.8, 4) is 11.6 Å². The maximum absolute atomic E-state index is 6.16. The summed E-state index contributed by atoms with van der Waals surface area (Å²) in [4.78, 5) is 10.2. The smallest absolute Gasteiger partial charge is 0.232 e. The van der Waals surface area contributed by atoms with Crippen LogP contribution in [0.25, 0.3) is 10.2 Å². The van der Waals surface area contributed by atoms with Gasteiger partial charge >= 0.3 is 0 Å². The van der Waals surface area contributed by atoms with Gasteiger partial charge in [-0.1, -0.05) is 23.2 Å². The second kappa shape index (κ2) is 5.89. The van der Waals surface area contributed by atoms with Crippen molar-refractivity contribution in [1.29, 1.82) is 0 Å². The van der Waals surface area contributed by atoms with E-state index < -0.39 is 0 Å². The number of fused-ring (bicyclic) bond motifs is 1. The molecule has 1 aromatic carbocycles. The summed E-state index contributed by atoms with van der Waals surface area (Å²) in [5.74, 6) is 0.763. The van der Waals surface area contributed by atoms with E-state index in [1.807, 2.05) is 13.0 Å². The molecule has 0 atom stereocenters. The van der Waals surface area contributed by atoms with Crippen molar-refractivity contribution in [2.45, 2.75) is 6.92 Å². The monoisotopic (exact) mass is 422 g/mol. The molecular formula is C13H6BrCl3N2OS. The summed E-state index contributed by atoms with van der Waals surface area (Å²) < 4.78 is 6.48. The van der Waals surface area contributed by atoms with Crippen molar-refractivity contribution < 1.29 is 4.74 Å². The Morgan fingerprint density at radius 1 is 1.10 bits per heavy atom. The van der Waals surface area contributed by atoms with Gasteiger partial charge in [-0.15, -0.1) is 11.3 Å². The van der Waals surface area contributed by atoms with Crippen LogP contribution in [0.5, 0.6) is 11.6 Å². The topological polar surface area (TPSA) is 35.0 Å². The first-order chi connectivity index (χ1) is 9.94. The molecule has 0 aliphatic carbocycles. The van der Waals surface area contributed by atoms with Crippen molar-refractivity contribution >= 4 is 72.3 Å². The Hall–Kier alpha value is -0.590. The summed E-state index contributed by atoms with van der Waals surface area (Å²) in [6, 6.07) is 5.23. The summed E-state index contributed by atoms with van der Waals surface area (Å²) in [7, 11) is 0. The molecule has 21 heavy (non-hydrogen) atoms. The first-order valence-corrected chi connectivity index (χ1v) is 8.44. The number of aromatic nitrogens is 2. The maximum Gasteiger partial charge on any atom is 0.232 e. The number of nitrogens with zero attached hydrogens (tertiary/aromatic N) is 2. The molecule has 3 rings (SSSR count). The van der Waals surface area contributed by atoms with E-state index in [4.69, 9.17) is 39.5 Å². The highest BCUT2D eigenvalue weighted by molar-refractivity contribution is 9.10. The molecule has 0 unspecified atom stereocenters. The largest absolute Gasteiger partial charge is 0.437 e. The Morgan fingerprint density at radius 2 is 1.86 bits per heavy atom. The van der Waals surface area contributed by atoms with Gasteiger partial charge < -0.3 is 4.74 Å². The third kappa shape index (κ3) is 3.12. The van der Waals surface area contributed by atoms with Gasteiger partial charge in [-0.3, -0.25) is 0 Å². The molecule has 2 heterocycles. The normalized spacial score (nSPS) is 11.1. The van der Waals surface area contributed by atoms with Crippen LogP contribution in [0.1, 0.15) is 4.88 Å². The minimum atomic E-state index is 0.124. The number of ether oxygens (including phenoxy) is 1. The van der Waals surface area contributed by atoms with E-state index in [9.17, 15) is 0 Å². The highest BCUT2D eigenvalue weighted by Crippen LogP contribution is 2.39. The van der Waals surface area contributed by atoms with Crippen LogP contribution in [-0.4, -0.2) is 9.97 Å². The average Bonchev–Trinajstić information content (AvgIpc) is 2.76. The zero-order valence-corrected chi connectivity index (χ0v) is 15.1. The third-order valence-corrected chi connectivity index (χ3v) is 5.24. The zero-order chi connectivity index (χ0) is 15.1. The number of halogens is 4. The van der Waals surface area contributed by atoms with E-state index in [0.717, 1.165) is 15.1 Å². The Balaban J connectivity index is 2.11. The van der Waals surface area contributed by atoms with Crippen LogP contribution >= 0.6 is 62.1 Å². The van der Waals surface area contributed by atoms with Crippen molar-refractivity contribution in [3.05, 3.63) is 42.9 Å². The van der Waals surface area contributed by atoms with Crippen molar-refractivity contribution in [2.24, 2.45) is 0 Å². The molecule has 0 radical (unpaired) electrons. The van der Waals surface area contributed by atoms with E-state index in [2.05, 4.69) is 25.9 Å². The molecule has 0 bridgehead atoms. The minimum Gasteiger partial charge on any atom is -0.437 e. The zero-order valence-electron chi connectivity index (χ0n) is 10.5. The number of thiophene rings is 1. The molecule has 0 aliphatic heterocycles. The van der Waals surface area contributed by atoms with Crippen molar-refractivity contribution in [1.82, 2.24) is 9.97 Å². The molecule has 3 nitrogen and oxygen atoms in total. The second-order valence-corrected chi connectivity index (χ2v) is 7.41. The number of hydrogen-bond acceptors (Lipinski definition) is 4. The minimum absolute atomic E-state index is 0.124. The lowest BCUT2D eigenvalue weighted by Gasteiger charge is -2.09. The van der Waals surface area contributed by atoms with Crippen LogP contribution in [0, 0.1) is 6.92 Å². The summed E-state index contributed by atoms with van der Waals surface area (Å²) >= 11 is 23.0. The highest BCUT2D eigenvalue weighted by atomic mass is 79.9. The third-order valence-electron chi connectivity index (χ3n) is 2.64. The van der Waals surface area contributed by atoms with Gasteiger partial charge in [0.1, 0.15) is 10.6 Å². The Morgan fingerprint density at radius 3 is 2.62 bits per heavy atom. The van der Waals surface area contributed by atoms with Gasteiger partial charge in [-0.05, 0) is 46.6 Å². The molecule has 108 valence electrons. The molecule has 0 saturated heterocycles. The van der Waals surface area contributed by atoms with Crippen LogP contribution in [0.15, 0.2) is 22.7 Å². The van der Waals surface area contributed by atoms with Crippen LogP contribution in [-0.2, 0) is 0 Å². The molecule has 2 aromatic heterocycles. The fourth-order valence-corrected chi connectivity index (χ4v) is 3.67. The number of benzene rings is 1. The lowest BCUT2D eigenvalue weighted by atomic mass is 10.3. The van der Waals surface area contributed by atoms with Gasteiger partial charge in [0, 0.05) is 15.4 Å². The number of hydrogen-bond donors (Lipinski definition) is 0.